The molecule has 0 fully saturated rings. The molecule has 6 nitrogen and oxygen atoms in total. The number of benzene rings is 1. The Kier molecular flexibility index (Phi) is 6.44. The second kappa shape index (κ2) is 8.55. The van der Waals surface area contributed by atoms with Gasteiger partial charge in [0.15, 0.2) is 0 Å². The Bertz CT molecular complexity index is 648. The third kappa shape index (κ3) is 4.32. The number of nitrogens with one attached hydrogen (secondary N) is 2. The van der Waals surface area contributed by atoms with Crippen LogP contribution in [0.3, 0.4) is 0 Å². The summed E-state index contributed by atoms with van der Waals surface area (Å²) in [6.45, 7) is 10.1. The van der Waals surface area contributed by atoms with Gasteiger partial charge in [-0.05, 0) is 44.9 Å². The molecule has 0 unspecified atom stereocenters. The van der Waals surface area contributed by atoms with Crippen LogP contribution in [-0.2, 0) is 9.53 Å². The molecule has 0 saturated heterocycles. The normalized spacial score (nSPS) is 17.0. The van der Waals surface area contributed by atoms with E-state index < -0.39 is 12.0 Å². The summed E-state index contributed by atoms with van der Waals surface area (Å²) in [5, 5.41) is 5.48. The van der Waals surface area contributed by atoms with Crippen molar-refractivity contribution in [3.8, 4) is 0 Å². The van der Waals surface area contributed by atoms with Gasteiger partial charge >= 0.3 is 12.0 Å². The Balaban J connectivity index is 2.32. The van der Waals surface area contributed by atoms with E-state index in [9.17, 15) is 9.59 Å². The second-order valence-corrected chi connectivity index (χ2v) is 5.97. The van der Waals surface area contributed by atoms with Crippen molar-refractivity contribution in [2.45, 2.75) is 40.2 Å². The molecule has 0 bridgehead atoms. The van der Waals surface area contributed by atoms with Crippen LogP contribution in [0.4, 0.5) is 10.5 Å². The van der Waals surface area contributed by atoms with E-state index in [0.29, 0.717) is 17.9 Å². The number of nitrogens with zero attached hydrogens (tertiary/aromatic N) is 1. The zero-order chi connectivity index (χ0) is 18.4. The van der Waals surface area contributed by atoms with Gasteiger partial charge in [-0.2, -0.15) is 0 Å². The number of esters is 1. The maximum Gasteiger partial charge on any atom is 0.338 e. The maximum atomic E-state index is 12.4. The van der Waals surface area contributed by atoms with Crippen LogP contribution in [-0.4, -0.2) is 31.7 Å². The fraction of sp³-hybridized carbons (Fsp3) is 0.474. The molecule has 2 rings (SSSR count). The molecule has 0 radical (unpaired) electrons. The summed E-state index contributed by atoms with van der Waals surface area (Å²) in [7, 11) is 0. The zero-order valence-electron chi connectivity index (χ0n) is 15.4. The van der Waals surface area contributed by atoms with Gasteiger partial charge in [-0.1, -0.05) is 19.1 Å². The summed E-state index contributed by atoms with van der Waals surface area (Å²) in [5.41, 5.74) is 2.95. The number of hydrogen-bond acceptors (Lipinski definition) is 4. The number of anilines is 1. The third-order valence-corrected chi connectivity index (χ3v) is 4.28. The lowest BCUT2D eigenvalue weighted by atomic mass is 9.95. The molecular weight excluding hydrogens is 318 g/mol. The molecule has 1 aliphatic heterocycles. The minimum Gasteiger partial charge on any atom is -0.462 e. The molecule has 2 amide bonds. The van der Waals surface area contributed by atoms with Crippen LogP contribution in [0.1, 0.15) is 45.7 Å². The topological polar surface area (TPSA) is 70.7 Å². The van der Waals surface area contributed by atoms with Gasteiger partial charge in [0, 0.05) is 24.5 Å². The largest absolute Gasteiger partial charge is 0.462 e. The van der Waals surface area contributed by atoms with E-state index in [0.717, 1.165) is 30.8 Å². The van der Waals surface area contributed by atoms with Crippen molar-refractivity contribution in [1.82, 2.24) is 10.6 Å². The Morgan fingerprint density at radius 1 is 1.16 bits per heavy atom. The third-order valence-electron chi connectivity index (χ3n) is 4.28. The number of rotatable bonds is 7. The lowest BCUT2D eigenvalue weighted by Gasteiger charge is -2.28. The van der Waals surface area contributed by atoms with Gasteiger partial charge in [0.25, 0.3) is 0 Å². The van der Waals surface area contributed by atoms with Gasteiger partial charge in [0.2, 0.25) is 0 Å². The van der Waals surface area contributed by atoms with Crippen molar-refractivity contribution in [3.05, 3.63) is 41.1 Å². The van der Waals surface area contributed by atoms with E-state index in [-0.39, 0.29) is 6.03 Å². The van der Waals surface area contributed by atoms with Gasteiger partial charge in [0.1, 0.15) is 0 Å². The molecule has 1 heterocycles. The highest BCUT2D eigenvalue weighted by atomic mass is 16.5. The van der Waals surface area contributed by atoms with E-state index >= 15 is 0 Å². The number of carbonyl (C=O) groups is 2. The predicted octanol–water partition coefficient (Wildman–Crippen LogP) is 3.11. The number of allylic oxidation sites excluding steroid dienone is 1. The summed E-state index contributed by atoms with van der Waals surface area (Å²) in [5.74, 6) is -0.398. The molecular formula is C19H27N3O3. The highest BCUT2D eigenvalue weighted by Gasteiger charge is 2.32. The summed E-state index contributed by atoms with van der Waals surface area (Å²) in [6.07, 6.45) is 0.751. The number of hydrogen-bond donors (Lipinski definition) is 2. The van der Waals surface area contributed by atoms with E-state index in [1.165, 1.54) is 0 Å². The van der Waals surface area contributed by atoms with Gasteiger partial charge in [-0.3, -0.25) is 0 Å². The first kappa shape index (κ1) is 18.8. The van der Waals surface area contributed by atoms with E-state index in [4.69, 9.17) is 4.74 Å². The standard InChI is InChI=1S/C19H27N3O3/c1-5-12-25-18(23)16-13(4)20-19(24)21-17(16)14-8-10-15(11-9-14)22(6-2)7-3/h8-11,17H,5-7,12H2,1-4H3,(H2,20,21,24)/t17-/m1/s1. The van der Waals surface area contributed by atoms with Crippen molar-refractivity contribution in [2.75, 3.05) is 24.6 Å². The number of ether oxygens (including phenoxy) is 1. The maximum absolute atomic E-state index is 12.4. The highest BCUT2D eigenvalue weighted by Crippen LogP contribution is 2.29. The predicted molar refractivity (Wildman–Crippen MR) is 98.4 cm³/mol. The second-order valence-electron chi connectivity index (χ2n) is 5.97. The quantitative estimate of drug-likeness (QED) is 0.745. The van der Waals surface area contributed by atoms with Crippen LogP contribution >= 0.6 is 0 Å². The average molecular weight is 345 g/mol. The summed E-state index contributed by atoms with van der Waals surface area (Å²) in [4.78, 5) is 26.6. The van der Waals surface area contributed by atoms with E-state index in [2.05, 4.69) is 29.4 Å². The molecule has 136 valence electrons. The number of carbonyl (C=O) groups excluding carboxylic acids is 2. The fourth-order valence-corrected chi connectivity index (χ4v) is 2.95. The summed E-state index contributed by atoms with van der Waals surface area (Å²) in [6, 6.07) is 7.10. The Labute approximate surface area is 149 Å². The molecule has 25 heavy (non-hydrogen) atoms. The monoisotopic (exact) mass is 345 g/mol. The fourth-order valence-electron chi connectivity index (χ4n) is 2.95. The van der Waals surface area contributed by atoms with Crippen molar-refractivity contribution < 1.29 is 14.3 Å². The van der Waals surface area contributed by atoms with Crippen molar-refractivity contribution in [1.29, 1.82) is 0 Å². The van der Waals surface area contributed by atoms with Crippen LogP contribution in [0.5, 0.6) is 0 Å². The summed E-state index contributed by atoms with van der Waals surface area (Å²) >= 11 is 0. The SMILES string of the molecule is CCCOC(=O)C1=C(C)NC(=O)N[C@@H]1c1ccc(N(CC)CC)cc1. The lowest BCUT2D eigenvalue weighted by Crippen LogP contribution is -2.45. The Hall–Kier alpha value is -2.50. The van der Waals surface area contributed by atoms with Crippen LogP contribution in [0.2, 0.25) is 0 Å². The molecule has 0 aliphatic carbocycles. The molecule has 1 atom stereocenters. The molecule has 2 N–H and O–H groups in total. The van der Waals surface area contributed by atoms with Gasteiger partial charge in [-0.25, -0.2) is 9.59 Å². The number of amides is 2. The smallest absolute Gasteiger partial charge is 0.338 e. The molecule has 1 aromatic carbocycles. The minimum atomic E-state index is -0.510. The highest BCUT2D eigenvalue weighted by molar-refractivity contribution is 5.95. The summed E-state index contributed by atoms with van der Waals surface area (Å²) < 4.78 is 5.29. The van der Waals surface area contributed by atoms with E-state index in [1.54, 1.807) is 6.92 Å². The number of urea groups is 1. The lowest BCUT2D eigenvalue weighted by molar-refractivity contribution is -0.139. The first-order valence-corrected chi connectivity index (χ1v) is 8.82. The van der Waals surface area contributed by atoms with Gasteiger partial charge in [-0.15, -0.1) is 0 Å². The Morgan fingerprint density at radius 3 is 2.36 bits per heavy atom. The van der Waals surface area contributed by atoms with Gasteiger partial charge in [0.05, 0.1) is 18.2 Å². The first-order valence-electron chi connectivity index (χ1n) is 8.82. The molecule has 0 spiro atoms. The van der Waals surface area contributed by atoms with Crippen molar-refractivity contribution >= 4 is 17.7 Å². The zero-order valence-corrected chi connectivity index (χ0v) is 15.4. The van der Waals surface area contributed by atoms with E-state index in [1.807, 2.05) is 31.2 Å². The molecule has 0 saturated carbocycles. The van der Waals surface area contributed by atoms with Crippen LogP contribution in [0.25, 0.3) is 0 Å². The van der Waals surface area contributed by atoms with Crippen LogP contribution in [0.15, 0.2) is 35.5 Å². The molecule has 6 heteroatoms. The first-order chi connectivity index (χ1) is 12.0. The van der Waals surface area contributed by atoms with Gasteiger partial charge < -0.3 is 20.3 Å². The minimum absolute atomic E-state index is 0.317. The van der Waals surface area contributed by atoms with Crippen molar-refractivity contribution in [3.63, 3.8) is 0 Å². The van der Waals surface area contributed by atoms with Crippen LogP contribution in [0, 0.1) is 0 Å². The average Bonchev–Trinajstić information content (AvgIpc) is 2.60. The molecule has 1 aliphatic rings. The Morgan fingerprint density at radius 2 is 1.80 bits per heavy atom. The molecule has 1 aromatic rings. The van der Waals surface area contributed by atoms with Crippen molar-refractivity contribution in [2.24, 2.45) is 0 Å². The molecule has 0 aromatic heterocycles. The van der Waals surface area contributed by atoms with Crippen LogP contribution < -0.4 is 15.5 Å².